The smallest absolute Gasteiger partial charge is 0.306 e. The van der Waals surface area contributed by atoms with Crippen molar-refractivity contribution in [3.63, 3.8) is 0 Å². The molecule has 2 heterocycles. The lowest BCUT2D eigenvalue weighted by Gasteiger charge is -2.43. The molecule has 2 aliphatic heterocycles. The van der Waals surface area contributed by atoms with Crippen molar-refractivity contribution in [3.05, 3.63) is 0 Å². The molecule has 2 rings (SSSR count). The number of carboxylic acids is 1. The van der Waals surface area contributed by atoms with E-state index in [-0.39, 0.29) is 23.8 Å². The van der Waals surface area contributed by atoms with Gasteiger partial charge < -0.3 is 15.3 Å². The third kappa shape index (κ3) is 2.74. The maximum absolute atomic E-state index is 12.0. The summed E-state index contributed by atoms with van der Waals surface area (Å²) < 4.78 is 0. The van der Waals surface area contributed by atoms with Gasteiger partial charge in [-0.2, -0.15) is 11.8 Å². The maximum atomic E-state index is 12.0. The average Bonchev–Trinajstić information content (AvgIpc) is 2.27. The quantitative estimate of drug-likeness (QED) is 0.738. The van der Waals surface area contributed by atoms with Crippen LogP contribution in [-0.2, 0) is 9.59 Å². The number of carboxylic acid groups (broad SMARTS) is 1. The lowest BCUT2D eigenvalue weighted by Crippen LogP contribution is -2.59. The van der Waals surface area contributed by atoms with Crippen molar-refractivity contribution in [3.8, 4) is 0 Å². The Labute approximate surface area is 105 Å². The highest BCUT2D eigenvalue weighted by Crippen LogP contribution is 2.25. The van der Waals surface area contributed by atoms with Gasteiger partial charge >= 0.3 is 5.97 Å². The van der Waals surface area contributed by atoms with Crippen molar-refractivity contribution in [1.82, 2.24) is 10.2 Å². The van der Waals surface area contributed by atoms with Gasteiger partial charge in [-0.1, -0.05) is 6.92 Å². The van der Waals surface area contributed by atoms with E-state index in [0.29, 0.717) is 13.1 Å². The third-order valence-corrected chi connectivity index (χ3v) is 4.60. The van der Waals surface area contributed by atoms with E-state index >= 15 is 0 Å². The number of nitrogens with zero attached hydrogens (tertiary/aromatic N) is 1. The highest BCUT2D eigenvalue weighted by atomic mass is 32.2. The first-order valence-corrected chi connectivity index (χ1v) is 7.07. The Morgan fingerprint density at radius 3 is 2.71 bits per heavy atom. The Morgan fingerprint density at radius 2 is 2.18 bits per heavy atom. The Bertz CT molecular complexity index is 312. The molecule has 96 valence electrons. The summed E-state index contributed by atoms with van der Waals surface area (Å²) in [4.78, 5) is 24.6. The number of aliphatic carboxylic acids is 1. The summed E-state index contributed by atoms with van der Waals surface area (Å²) in [6, 6.07) is -0.0742. The molecule has 0 aliphatic carbocycles. The van der Waals surface area contributed by atoms with Crippen LogP contribution in [0.25, 0.3) is 0 Å². The summed E-state index contributed by atoms with van der Waals surface area (Å²) in [7, 11) is 0. The second-order valence-corrected chi connectivity index (χ2v) is 5.86. The Morgan fingerprint density at radius 1 is 1.47 bits per heavy atom. The van der Waals surface area contributed by atoms with Crippen molar-refractivity contribution in [2.45, 2.75) is 13.0 Å². The molecule has 0 aromatic carbocycles. The van der Waals surface area contributed by atoms with Gasteiger partial charge in [-0.25, -0.2) is 0 Å². The van der Waals surface area contributed by atoms with Crippen molar-refractivity contribution in [2.24, 2.45) is 11.8 Å². The molecule has 17 heavy (non-hydrogen) atoms. The van der Waals surface area contributed by atoms with Gasteiger partial charge in [-0.05, 0) is 0 Å². The first-order valence-electron chi connectivity index (χ1n) is 5.92. The number of nitrogens with one attached hydrogen (secondary N) is 1. The molecule has 0 saturated carbocycles. The zero-order valence-corrected chi connectivity index (χ0v) is 10.7. The zero-order valence-electron chi connectivity index (χ0n) is 9.89. The van der Waals surface area contributed by atoms with Gasteiger partial charge in [0.05, 0.1) is 12.0 Å². The summed E-state index contributed by atoms with van der Waals surface area (Å²) in [5.41, 5.74) is 0. The van der Waals surface area contributed by atoms with E-state index in [1.165, 1.54) is 0 Å². The largest absolute Gasteiger partial charge is 0.481 e. The van der Waals surface area contributed by atoms with Crippen LogP contribution in [0, 0.1) is 11.8 Å². The van der Waals surface area contributed by atoms with Gasteiger partial charge in [-0.15, -0.1) is 0 Å². The Kier molecular flexibility index (Phi) is 3.93. The summed E-state index contributed by atoms with van der Waals surface area (Å²) in [6.45, 7) is 3.78. The van der Waals surface area contributed by atoms with Crippen LogP contribution in [0.1, 0.15) is 6.92 Å². The molecule has 1 amide bonds. The molecule has 0 spiro atoms. The number of likely N-dealkylation sites (tertiary alicyclic amines) is 1. The number of rotatable bonds is 3. The van der Waals surface area contributed by atoms with Crippen LogP contribution in [-0.4, -0.2) is 59.1 Å². The van der Waals surface area contributed by atoms with E-state index in [1.807, 2.05) is 0 Å². The summed E-state index contributed by atoms with van der Waals surface area (Å²) >= 11 is 1.79. The van der Waals surface area contributed by atoms with Crippen LogP contribution >= 0.6 is 11.8 Å². The minimum atomic E-state index is -0.770. The number of thioether (sulfide) groups is 1. The number of carbonyl (C=O) groups excluding carboxylic acids is 1. The SMILES string of the molecule is CC(C(=O)O)C1CN(C(=O)C2CSCCN2)C1. The fourth-order valence-electron chi connectivity index (χ4n) is 2.15. The van der Waals surface area contributed by atoms with Crippen LogP contribution in [0.4, 0.5) is 0 Å². The number of amides is 1. The Balaban J connectivity index is 1.78. The molecule has 0 aromatic heterocycles. The molecule has 2 fully saturated rings. The standard InChI is InChI=1S/C11H18N2O3S/c1-7(11(15)16)8-4-13(5-8)10(14)9-6-17-3-2-12-9/h7-9,12H,2-6H2,1H3,(H,15,16). The van der Waals surface area contributed by atoms with Crippen LogP contribution in [0.15, 0.2) is 0 Å². The predicted molar refractivity (Wildman–Crippen MR) is 66.0 cm³/mol. The molecular formula is C11H18N2O3S. The molecule has 2 unspecified atom stereocenters. The molecule has 0 aromatic rings. The first-order chi connectivity index (χ1) is 8.09. The van der Waals surface area contributed by atoms with Gasteiger partial charge in [0, 0.05) is 37.1 Å². The van der Waals surface area contributed by atoms with Gasteiger partial charge in [0.25, 0.3) is 0 Å². The predicted octanol–water partition coefficient (Wildman–Crippen LogP) is -0.129. The number of carbonyl (C=O) groups is 2. The van der Waals surface area contributed by atoms with Crippen molar-refractivity contribution in [1.29, 1.82) is 0 Å². The summed E-state index contributed by atoms with van der Waals surface area (Å²) in [6.07, 6.45) is 0. The van der Waals surface area contributed by atoms with Gasteiger partial charge in [0.1, 0.15) is 0 Å². The van der Waals surface area contributed by atoms with E-state index in [9.17, 15) is 9.59 Å². The van der Waals surface area contributed by atoms with Crippen LogP contribution in [0.3, 0.4) is 0 Å². The van der Waals surface area contributed by atoms with Crippen molar-refractivity contribution >= 4 is 23.6 Å². The Hall–Kier alpha value is -0.750. The number of hydrogen-bond acceptors (Lipinski definition) is 4. The lowest BCUT2D eigenvalue weighted by atomic mass is 9.86. The van der Waals surface area contributed by atoms with E-state index in [4.69, 9.17) is 5.11 Å². The molecule has 2 aliphatic rings. The van der Waals surface area contributed by atoms with Crippen molar-refractivity contribution in [2.75, 3.05) is 31.1 Å². The molecule has 5 nitrogen and oxygen atoms in total. The third-order valence-electron chi connectivity index (χ3n) is 3.54. The second kappa shape index (κ2) is 5.27. The van der Waals surface area contributed by atoms with E-state index in [0.717, 1.165) is 18.1 Å². The average molecular weight is 258 g/mol. The fourth-order valence-corrected chi connectivity index (χ4v) is 3.08. The second-order valence-electron chi connectivity index (χ2n) is 4.71. The highest BCUT2D eigenvalue weighted by Gasteiger charge is 2.39. The maximum Gasteiger partial charge on any atom is 0.306 e. The molecule has 0 radical (unpaired) electrons. The topological polar surface area (TPSA) is 69.6 Å². The molecule has 2 N–H and O–H groups in total. The fraction of sp³-hybridized carbons (Fsp3) is 0.818. The van der Waals surface area contributed by atoms with Crippen LogP contribution in [0.5, 0.6) is 0 Å². The van der Waals surface area contributed by atoms with Crippen LogP contribution in [0.2, 0.25) is 0 Å². The minimum absolute atomic E-state index is 0.0742. The highest BCUT2D eigenvalue weighted by molar-refractivity contribution is 7.99. The van der Waals surface area contributed by atoms with Crippen LogP contribution < -0.4 is 5.32 Å². The first kappa shape index (κ1) is 12.7. The summed E-state index contributed by atoms with van der Waals surface area (Å²) in [5, 5.41) is 12.1. The molecule has 0 bridgehead atoms. The lowest BCUT2D eigenvalue weighted by molar-refractivity contribution is -0.151. The monoisotopic (exact) mass is 258 g/mol. The normalized spacial score (nSPS) is 27.4. The van der Waals surface area contributed by atoms with E-state index in [1.54, 1.807) is 23.6 Å². The van der Waals surface area contributed by atoms with E-state index < -0.39 is 5.97 Å². The summed E-state index contributed by atoms with van der Waals surface area (Å²) in [5.74, 6) is 1.01. The van der Waals surface area contributed by atoms with Gasteiger partial charge in [-0.3, -0.25) is 9.59 Å². The molecule has 6 heteroatoms. The van der Waals surface area contributed by atoms with E-state index in [2.05, 4.69) is 5.32 Å². The number of hydrogen-bond donors (Lipinski definition) is 2. The minimum Gasteiger partial charge on any atom is -0.481 e. The molecule has 2 atom stereocenters. The zero-order chi connectivity index (χ0) is 12.4. The van der Waals surface area contributed by atoms with Gasteiger partial charge in [0.2, 0.25) is 5.91 Å². The van der Waals surface area contributed by atoms with Gasteiger partial charge in [0.15, 0.2) is 0 Å². The van der Waals surface area contributed by atoms with Crippen molar-refractivity contribution < 1.29 is 14.7 Å². The molecular weight excluding hydrogens is 240 g/mol. The molecule has 2 saturated heterocycles.